The second-order valence-corrected chi connectivity index (χ2v) is 12.0. The number of carbonyl (C=O) groups excluding carboxylic acids is 2. The fourth-order valence-electron chi connectivity index (χ4n) is 2.34. The summed E-state index contributed by atoms with van der Waals surface area (Å²) in [6.45, 7) is 9.50. The van der Waals surface area contributed by atoms with Crippen molar-refractivity contribution >= 4 is 47.8 Å². The highest BCUT2D eigenvalue weighted by molar-refractivity contribution is 8.42. The van der Waals surface area contributed by atoms with Crippen LogP contribution < -0.4 is 10.2 Å². The van der Waals surface area contributed by atoms with Crippen LogP contribution in [0.2, 0.25) is 0 Å². The Morgan fingerprint density at radius 3 is 2.00 bits per heavy atom. The van der Waals surface area contributed by atoms with Crippen LogP contribution in [-0.4, -0.2) is 37.4 Å². The molecule has 1 heterocycles. The van der Waals surface area contributed by atoms with E-state index in [1.54, 1.807) is 41.5 Å². The van der Waals surface area contributed by atoms with Crippen molar-refractivity contribution in [2.24, 2.45) is 4.99 Å². The molecule has 9 nitrogen and oxygen atoms in total. The Morgan fingerprint density at radius 1 is 1.03 bits per heavy atom. The molecule has 0 saturated carbocycles. The van der Waals surface area contributed by atoms with Gasteiger partial charge in [0.25, 0.3) is 0 Å². The van der Waals surface area contributed by atoms with Gasteiger partial charge in [-0.1, -0.05) is 0 Å². The minimum absolute atomic E-state index is 0.258. The SMILES string of the molecule is CC(C)(C)OC(=O)Nc1cc(F)c(N(C(=O)OC(C)(C)C)C2=CS(=S(=O)=O)C=N2)c(F)c1. The number of rotatable bonds is 3. The summed E-state index contributed by atoms with van der Waals surface area (Å²) >= 11 is 0. The number of nitrogens with zero attached hydrogens (tertiary/aromatic N) is 2. The van der Waals surface area contributed by atoms with Gasteiger partial charge in [0.2, 0.25) is 9.26 Å². The van der Waals surface area contributed by atoms with E-state index in [-0.39, 0.29) is 11.5 Å². The van der Waals surface area contributed by atoms with Gasteiger partial charge in [0, 0.05) is 20.5 Å². The van der Waals surface area contributed by atoms with Crippen molar-refractivity contribution in [3.63, 3.8) is 0 Å². The summed E-state index contributed by atoms with van der Waals surface area (Å²) in [6.07, 6.45) is -2.10. The normalized spacial score (nSPS) is 15.8. The number of ether oxygens (including phenoxy) is 2. The molecule has 2 rings (SSSR count). The highest BCUT2D eigenvalue weighted by Crippen LogP contribution is 2.33. The van der Waals surface area contributed by atoms with E-state index in [1.165, 1.54) is 0 Å². The molecule has 1 aromatic carbocycles. The van der Waals surface area contributed by atoms with Gasteiger partial charge in [0.15, 0.2) is 17.5 Å². The van der Waals surface area contributed by atoms with Gasteiger partial charge in [-0.2, -0.15) is 8.42 Å². The van der Waals surface area contributed by atoms with Gasteiger partial charge in [-0.15, -0.1) is 0 Å². The lowest BCUT2D eigenvalue weighted by molar-refractivity contribution is 0.0587. The molecule has 13 heteroatoms. The van der Waals surface area contributed by atoms with E-state index in [9.17, 15) is 26.8 Å². The Hall–Kier alpha value is -2.80. The Bertz CT molecular complexity index is 1120. The summed E-state index contributed by atoms with van der Waals surface area (Å²) in [7, 11) is -4.06. The Morgan fingerprint density at radius 2 is 1.56 bits per heavy atom. The van der Waals surface area contributed by atoms with Crippen molar-refractivity contribution in [1.82, 2.24) is 0 Å². The van der Waals surface area contributed by atoms with Gasteiger partial charge in [0.1, 0.15) is 16.9 Å². The molecule has 1 atom stereocenters. The number of anilines is 2. The first kappa shape index (κ1) is 25.5. The van der Waals surface area contributed by atoms with E-state index < -0.39 is 59.4 Å². The molecule has 0 bridgehead atoms. The molecule has 32 heavy (non-hydrogen) atoms. The number of nitrogens with one attached hydrogen (secondary N) is 1. The minimum Gasteiger partial charge on any atom is -0.444 e. The molecule has 0 aromatic heterocycles. The predicted octanol–water partition coefficient (Wildman–Crippen LogP) is 4.31. The van der Waals surface area contributed by atoms with Gasteiger partial charge in [0.05, 0.1) is 5.55 Å². The molecule has 176 valence electrons. The van der Waals surface area contributed by atoms with Crippen LogP contribution >= 0.6 is 0 Å². The van der Waals surface area contributed by atoms with Crippen LogP contribution in [0.25, 0.3) is 0 Å². The number of benzene rings is 1. The Balaban J connectivity index is 2.51. The van der Waals surface area contributed by atoms with Crippen LogP contribution in [0.3, 0.4) is 0 Å². The first-order valence-electron chi connectivity index (χ1n) is 9.17. The third-order valence-electron chi connectivity index (χ3n) is 3.36. The molecule has 1 aliphatic heterocycles. The van der Waals surface area contributed by atoms with Crippen molar-refractivity contribution in [2.75, 3.05) is 10.2 Å². The van der Waals surface area contributed by atoms with Gasteiger partial charge < -0.3 is 9.47 Å². The molecule has 0 aliphatic carbocycles. The smallest absolute Gasteiger partial charge is 0.420 e. The molecule has 2 amide bonds. The lowest BCUT2D eigenvalue weighted by Gasteiger charge is -2.27. The van der Waals surface area contributed by atoms with Crippen molar-refractivity contribution in [3.8, 4) is 0 Å². The molecule has 1 N–H and O–H groups in total. The number of hydrogen-bond acceptors (Lipinski definition) is 7. The second kappa shape index (κ2) is 9.36. The molecular formula is C19H23F2N3O6S2. The summed E-state index contributed by atoms with van der Waals surface area (Å²) in [6, 6.07) is 1.56. The van der Waals surface area contributed by atoms with Gasteiger partial charge in [-0.3, -0.25) is 5.32 Å². The highest BCUT2D eigenvalue weighted by Gasteiger charge is 2.32. The summed E-state index contributed by atoms with van der Waals surface area (Å²) in [5, 5.41) is 3.27. The highest BCUT2D eigenvalue weighted by atomic mass is 32.9. The molecule has 0 radical (unpaired) electrons. The van der Waals surface area contributed by atoms with Crippen LogP contribution in [0.15, 0.2) is 28.4 Å². The van der Waals surface area contributed by atoms with Gasteiger partial charge in [-0.25, -0.2) is 28.3 Å². The molecule has 1 aromatic rings. The van der Waals surface area contributed by atoms with E-state index in [0.29, 0.717) is 4.90 Å². The number of hydrogen-bond donors (Lipinski definition) is 1. The number of carbonyl (C=O) groups is 2. The van der Waals surface area contributed by atoms with E-state index in [1.807, 2.05) is 0 Å². The van der Waals surface area contributed by atoms with Crippen molar-refractivity contribution in [1.29, 1.82) is 0 Å². The maximum Gasteiger partial charge on any atom is 0.420 e. The third-order valence-corrected chi connectivity index (χ3v) is 5.92. The topological polar surface area (TPSA) is 114 Å². The molecule has 1 aliphatic rings. The zero-order chi connectivity index (χ0) is 24.4. The van der Waals surface area contributed by atoms with Gasteiger partial charge >= 0.3 is 12.2 Å². The van der Waals surface area contributed by atoms with Crippen LogP contribution in [-0.2, 0) is 28.2 Å². The molecule has 0 spiro atoms. The van der Waals surface area contributed by atoms with Crippen LogP contribution in [0.1, 0.15) is 41.5 Å². The van der Waals surface area contributed by atoms with E-state index >= 15 is 0 Å². The summed E-state index contributed by atoms with van der Waals surface area (Å²) in [4.78, 5) is 29.0. The second-order valence-electron chi connectivity index (χ2n) is 8.47. The zero-order valence-electron chi connectivity index (χ0n) is 18.2. The Labute approximate surface area is 187 Å². The van der Waals surface area contributed by atoms with E-state index in [2.05, 4.69) is 10.3 Å². The Kier molecular flexibility index (Phi) is 7.45. The maximum atomic E-state index is 15.0. The van der Waals surface area contributed by atoms with Crippen LogP contribution in [0.4, 0.5) is 29.7 Å². The minimum atomic E-state index is -2.57. The number of amides is 2. The molecular weight excluding hydrogens is 468 g/mol. The standard InChI is InChI=1S/C19H23F2N3O6S2/c1-18(2,3)29-16(25)23-11-7-12(20)15(13(21)8-11)24(17(26)30-19(4,5)6)14-9-31(10-22-14)32(27)28/h7-10H,1-6H3,(H,23,25). The van der Waals surface area contributed by atoms with Crippen molar-refractivity contribution in [2.45, 2.75) is 52.7 Å². The fourth-order valence-corrected chi connectivity index (χ4v) is 3.96. The lowest BCUT2D eigenvalue weighted by Crippen LogP contribution is -2.37. The van der Waals surface area contributed by atoms with Crippen LogP contribution in [0, 0.1) is 11.6 Å². The number of aliphatic imine (C=N–C) groups is 1. The summed E-state index contributed by atoms with van der Waals surface area (Å²) < 4.78 is 62.7. The fraction of sp³-hybridized carbons (Fsp3) is 0.421. The monoisotopic (exact) mass is 491 g/mol. The van der Waals surface area contributed by atoms with Crippen LogP contribution in [0.5, 0.6) is 0 Å². The van der Waals surface area contributed by atoms with E-state index in [4.69, 9.17) is 9.47 Å². The predicted molar refractivity (Wildman–Crippen MR) is 118 cm³/mol. The van der Waals surface area contributed by atoms with Crippen molar-refractivity contribution in [3.05, 3.63) is 35.0 Å². The maximum absolute atomic E-state index is 15.0. The van der Waals surface area contributed by atoms with E-state index in [0.717, 1.165) is 23.1 Å². The van der Waals surface area contributed by atoms with Gasteiger partial charge in [-0.05, 0) is 53.7 Å². The molecule has 0 saturated heterocycles. The zero-order valence-corrected chi connectivity index (χ0v) is 19.9. The molecule has 1 unspecified atom stereocenters. The number of halogens is 2. The summed E-state index contributed by atoms with van der Waals surface area (Å²) in [5.74, 6) is -2.78. The first-order valence-corrected chi connectivity index (χ1v) is 12.1. The quantitative estimate of drug-likeness (QED) is 0.674. The first-order chi connectivity index (χ1) is 14.6. The lowest BCUT2D eigenvalue weighted by atomic mass is 10.2. The average Bonchev–Trinajstić information content (AvgIpc) is 3.04. The molecule has 0 fully saturated rings. The van der Waals surface area contributed by atoms with Crippen molar-refractivity contribution < 1.29 is 36.3 Å². The summed E-state index contributed by atoms with van der Waals surface area (Å²) in [5.41, 5.74) is -1.93. The third kappa shape index (κ3) is 6.85. The largest absolute Gasteiger partial charge is 0.444 e. The average molecular weight is 492 g/mol.